The fraction of sp³-hybridized carbons (Fsp3) is 0.417. The van der Waals surface area contributed by atoms with E-state index < -0.39 is 11.6 Å². The molecular formula is C12H13F2NO2. The first kappa shape index (κ1) is 12.1. The van der Waals surface area contributed by atoms with Gasteiger partial charge in [0.15, 0.2) is 5.78 Å². The largest absolute Gasteiger partial charge is 0.378 e. The van der Waals surface area contributed by atoms with E-state index in [1.807, 2.05) is 0 Å². The molecule has 0 radical (unpaired) electrons. The van der Waals surface area contributed by atoms with Crippen molar-refractivity contribution in [2.24, 2.45) is 0 Å². The van der Waals surface area contributed by atoms with Gasteiger partial charge in [0, 0.05) is 25.1 Å². The predicted octanol–water partition coefficient (Wildman–Crippen LogP) is 1.53. The highest BCUT2D eigenvalue weighted by atomic mass is 19.1. The van der Waals surface area contributed by atoms with Crippen LogP contribution in [-0.4, -0.2) is 31.6 Å². The van der Waals surface area contributed by atoms with E-state index in [-0.39, 0.29) is 23.8 Å². The Morgan fingerprint density at radius 1 is 1.47 bits per heavy atom. The van der Waals surface area contributed by atoms with Gasteiger partial charge in [-0.2, -0.15) is 0 Å². The van der Waals surface area contributed by atoms with Gasteiger partial charge in [-0.1, -0.05) is 0 Å². The van der Waals surface area contributed by atoms with Crippen LogP contribution in [0.5, 0.6) is 0 Å². The number of ketones is 1. The van der Waals surface area contributed by atoms with Crippen molar-refractivity contribution in [3.8, 4) is 0 Å². The molecular weight excluding hydrogens is 228 g/mol. The summed E-state index contributed by atoms with van der Waals surface area (Å²) in [7, 11) is 0. The Morgan fingerprint density at radius 2 is 2.29 bits per heavy atom. The zero-order valence-electron chi connectivity index (χ0n) is 9.21. The molecule has 1 fully saturated rings. The van der Waals surface area contributed by atoms with E-state index in [2.05, 4.69) is 5.32 Å². The first-order chi connectivity index (χ1) is 8.16. The molecule has 0 saturated carbocycles. The van der Waals surface area contributed by atoms with Crippen LogP contribution >= 0.6 is 0 Å². The van der Waals surface area contributed by atoms with Crippen molar-refractivity contribution in [2.45, 2.75) is 12.5 Å². The maximum atomic E-state index is 13.3. The average Bonchev–Trinajstić information content (AvgIpc) is 2.30. The van der Waals surface area contributed by atoms with Crippen LogP contribution in [0.2, 0.25) is 0 Å². The molecule has 1 aliphatic rings. The summed E-state index contributed by atoms with van der Waals surface area (Å²) in [5.74, 6) is -1.84. The number of carbonyl (C=O) groups is 1. The molecule has 1 atom stereocenters. The summed E-state index contributed by atoms with van der Waals surface area (Å²) in [6.07, 6.45) is 0.155. The number of carbonyl (C=O) groups excluding carboxylic acids is 1. The van der Waals surface area contributed by atoms with E-state index in [4.69, 9.17) is 4.74 Å². The van der Waals surface area contributed by atoms with E-state index >= 15 is 0 Å². The van der Waals surface area contributed by atoms with Gasteiger partial charge in [0.1, 0.15) is 11.6 Å². The molecule has 1 aromatic rings. The highest BCUT2D eigenvalue weighted by molar-refractivity contribution is 5.96. The van der Waals surface area contributed by atoms with Crippen molar-refractivity contribution in [3.05, 3.63) is 35.4 Å². The summed E-state index contributed by atoms with van der Waals surface area (Å²) in [6, 6.07) is 2.89. The minimum Gasteiger partial charge on any atom is -0.378 e. The fourth-order valence-electron chi connectivity index (χ4n) is 1.80. The minimum absolute atomic E-state index is 0.0706. The van der Waals surface area contributed by atoms with E-state index in [9.17, 15) is 13.6 Å². The summed E-state index contributed by atoms with van der Waals surface area (Å²) in [6.45, 7) is 1.74. The third-order valence-electron chi connectivity index (χ3n) is 2.66. The van der Waals surface area contributed by atoms with Crippen molar-refractivity contribution < 1.29 is 18.3 Å². The Morgan fingerprint density at radius 3 is 2.94 bits per heavy atom. The van der Waals surface area contributed by atoms with Crippen molar-refractivity contribution in [2.75, 3.05) is 19.8 Å². The van der Waals surface area contributed by atoms with Crippen LogP contribution in [0.15, 0.2) is 18.2 Å². The number of benzene rings is 1. The zero-order chi connectivity index (χ0) is 12.3. The monoisotopic (exact) mass is 241 g/mol. The smallest absolute Gasteiger partial charge is 0.167 e. The predicted molar refractivity (Wildman–Crippen MR) is 57.9 cm³/mol. The van der Waals surface area contributed by atoms with Gasteiger partial charge in [0.25, 0.3) is 0 Å². The summed E-state index contributed by atoms with van der Waals surface area (Å²) >= 11 is 0. The number of halogens is 2. The van der Waals surface area contributed by atoms with Crippen LogP contribution in [0.3, 0.4) is 0 Å². The van der Waals surface area contributed by atoms with E-state index in [0.717, 1.165) is 12.1 Å². The molecule has 1 aromatic carbocycles. The van der Waals surface area contributed by atoms with E-state index in [1.54, 1.807) is 0 Å². The molecule has 0 spiro atoms. The minimum atomic E-state index is -0.813. The second kappa shape index (κ2) is 5.33. The van der Waals surface area contributed by atoms with Crippen LogP contribution < -0.4 is 5.32 Å². The summed E-state index contributed by atoms with van der Waals surface area (Å²) < 4.78 is 31.2. The maximum Gasteiger partial charge on any atom is 0.167 e. The topological polar surface area (TPSA) is 38.3 Å². The molecule has 17 heavy (non-hydrogen) atoms. The second-order valence-electron chi connectivity index (χ2n) is 3.98. The van der Waals surface area contributed by atoms with Gasteiger partial charge in [-0.3, -0.25) is 4.79 Å². The molecule has 0 aromatic heterocycles. The molecule has 1 aliphatic heterocycles. The number of Topliss-reactive ketones (excluding diaryl/α,β-unsaturated/α-hetero) is 1. The molecule has 1 unspecified atom stereocenters. The highest BCUT2D eigenvalue weighted by Crippen LogP contribution is 2.13. The van der Waals surface area contributed by atoms with Crippen molar-refractivity contribution >= 4 is 5.78 Å². The first-order valence-corrected chi connectivity index (χ1v) is 5.46. The molecule has 5 heteroatoms. The lowest BCUT2D eigenvalue weighted by Gasteiger charge is -2.23. The average molecular weight is 241 g/mol. The molecule has 1 saturated heterocycles. The van der Waals surface area contributed by atoms with Crippen LogP contribution in [0.4, 0.5) is 8.78 Å². The van der Waals surface area contributed by atoms with Gasteiger partial charge in [-0.25, -0.2) is 8.78 Å². The zero-order valence-corrected chi connectivity index (χ0v) is 9.21. The van der Waals surface area contributed by atoms with Crippen LogP contribution in [-0.2, 0) is 4.74 Å². The summed E-state index contributed by atoms with van der Waals surface area (Å²) in [5, 5.41) is 3.11. The SMILES string of the molecule is O=C(CC1COCCN1)c1ccc(F)cc1F. The Kier molecular flexibility index (Phi) is 3.81. The standard InChI is InChI=1S/C12H13F2NO2/c13-8-1-2-10(11(14)5-8)12(16)6-9-7-17-4-3-15-9/h1-2,5,9,15H,3-4,6-7H2. The number of ether oxygens (including phenoxy) is 1. The number of rotatable bonds is 3. The van der Waals surface area contributed by atoms with Gasteiger partial charge in [0.05, 0.1) is 18.8 Å². The van der Waals surface area contributed by atoms with Crippen molar-refractivity contribution in [1.82, 2.24) is 5.32 Å². The third kappa shape index (κ3) is 3.08. The number of hydrogen-bond acceptors (Lipinski definition) is 3. The molecule has 0 amide bonds. The Hall–Kier alpha value is -1.33. The van der Waals surface area contributed by atoms with Gasteiger partial charge < -0.3 is 10.1 Å². The lowest BCUT2D eigenvalue weighted by atomic mass is 10.0. The summed E-state index contributed by atoms with van der Waals surface area (Å²) in [5.41, 5.74) is -0.0706. The lowest BCUT2D eigenvalue weighted by Crippen LogP contribution is -2.42. The van der Waals surface area contributed by atoms with Crippen LogP contribution in [0.25, 0.3) is 0 Å². The summed E-state index contributed by atoms with van der Waals surface area (Å²) in [4.78, 5) is 11.8. The Bertz CT molecular complexity index is 417. The molecule has 2 rings (SSSR count). The van der Waals surface area contributed by atoms with Crippen molar-refractivity contribution in [3.63, 3.8) is 0 Å². The molecule has 3 nitrogen and oxygen atoms in total. The first-order valence-electron chi connectivity index (χ1n) is 5.46. The quantitative estimate of drug-likeness (QED) is 0.815. The fourth-order valence-corrected chi connectivity index (χ4v) is 1.80. The normalized spacial score (nSPS) is 20.2. The third-order valence-corrected chi connectivity index (χ3v) is 2.66. The highest BCUT2D eigenvalue weighted by Gasteiger charge is 2.20. The van der Waals surface area contributed by atoms with Crippen molar-refractivity contribution in [1.29, 1.82) is 0 Å². The molecule has 92 valence electrons. The number of morpholine rings is 1. The van der Waals surface area contributed by atoms with Gasteiger partial charge in [0.2, 0.25) is 0 Å². The second-order valence-corrected chi connectivity index (χ2v) is 3.98. The molecule has 0 aliphatic carbocycles. The maximum absolute atomic E-state index is 13.3. The number of nitrogens with one attached hydrogen (secondary N) is 1. The Labute approximate surface area is 97.8 Å². The Balaban J connectivity index is 2.03. The van der Waals surface area contributed by atoms with Gasteiger partial charge in [-0.15, -0.1) is 0 Å². The molecule has 0 bridgehead atoms. The van der Waals surface area contributed by atoms with E-state index in [0.29, 0.717) is 19.8 Å². The molecule has 1 heterocycles. The number of hydrogen-bond donors (Lipinski definition) is 1. The van der Waals surface area contributed by atoms with Gasteiger partial charge >= 0.3 is 0 Å². The van der Waals surface area contributed by atoms with Gasteiger partial charge in [-0.05, 0) is 12.1 Å². The molecule has 1 N–H and O–H groups in total. The van der Waals surface area contributed by atoms with E-state index in [1.165, 1.54) is 6.07 Å². The van der Waals surface area contributed by atoms with Crippen LogP contribution in [0, 0.1) is 11.6 Å². The lowest BCUT2D eigenvalue weighted by molar-refractivity contribution is 0.0674. The van der Waals surface area contributed by atoms with Crippen LogP contribution in [0.1, 0.15) is 16.8 Å².